The van der Waals surface area contributed by atoms with Crippen LogP contribution in [-0.2, 0) is 9.53 Å². The second-order valence-electron chi connectivity index (χ2n) is 5.57. The first-order valence-corrected chi connectivity index (χ1v) is 8.35. The largest absolute Gasteiger partial charge is 0.454 e. The van der Waals surface area contributed by atoms with Crippen LogP contribution < -0.4 is 5.32 Å². The number of nitrogens with zero attached hydrogens (tertiary/aromatic N) is 1. The van der Waals surface area contributed by atoms with Gasteiger partial charge in [0, 0.05) is 23.9 Å². The van der Waals surface area contributed by atoms with Gasteiger partial charge in [-0.3, -0.25) is 14.9 Å². The maximum atomic E-state index is 12.6. The molecule has 0 aliphatic rings. The van der Waals surface area contributed by atoms with Gasteiger partial charge in [0.1, 0.15) is 11.1 Å². The smallest absolute Gasteiger partial charge is 0.342 e. The molecule has 8 heteroatoms. The number of carbonyl (C=O) groups excluding carboxylic acids is 2. The standard InChI is InChI=1S/C17H18N2O5S/c1-9-11(3)25-16(18-12(4)20)15(9)17(21)24-10(2)13-6-5-7-14(8-13)19(22)23/h5-8,10H,1-4H3,(H,18,20). The van der Waals surface area contributed by atoms with Gasteiger partial charge in [0.05, 0.1) is 10.5 Å². The summed E-state index contributed by atoms with van der Waals surface area (Å²) in [5, 5.41) is 14.0. The number of hydrogen-bond acceptors (Lipinski definition) is 6. The number of amides is 1. The van der Waals surface area contributed by atoms with Gasteiger partial charge >= 0.3 is 5.97 Å². The average Bonchev–Trinajstić information content (AvgIpc) is 2.80. The lowest BCUT2D eigenvalue weighted by molar-refractivity contribution is -0.385. The van der Waals surface area contributed by atoms with Gasteiger partial charge in [-0.25, -0.2) is 4.79 Å². The zero-order chi connectivity index (χ0) is 18.7. The summed E-state index contributed by atoms with van der Waals surface area (Å²) in [6.45, 7) is 6.65. The number of hydrogen-bond donors (Lipinski definition) is 1. The number of ether oxygens (including phenoxy) is 1. The maximum Gasteiger partial charge on any atom is 0.342 e. The molecular formula is C17H18N2O5S. The van der Waals surface area contributed by atoms with Crippen molar-refractivity contribution in [1.29, 1.82) is 0 Å². The topological polar surface area (TPSA) is 98.5 Å². The van der Waals surface area contributed by atoms with E-state index >= 15 is 0 Å². The Labute approximate surface area is 148 Å². The third-order valence-corrected chi connectivity index (χ3v) is 4.84. The van der Waals surface area contributed by atoms with Gasteiger partial charge < -0.3 is 10.1 Å². The van der Waals surface area contributed by atoms with Gasteiger partial charge in [-0.1, -0.05) is 12.1 Å². The van der Waals surface area contributed by atoms with Crippen molar-refractivity contribution in [1.82, 2.24) is 0 Å². The molecule has 0 fully saturated rings. The van der Waals surface area contributed by atoms with Crippen molar-refractivity contribution in [2.45, 2.75) is 33.8 Å². The fourth-order valence-electron chi connectivity index (χ4n) is 2.30. The summed E-state index contributed by atoms with van der Waals surface area (Å²) >= 11 is 1.30. The molecule has 0 radical (unpaired) electrons. The van der Waals surface area contributed by atoms with E-state index in [1.165, 1.54) is 30.4 Å². The van der Waals surface area contributed by atoms with E-state index in [0.29, 0.717) is 16.1 Å². The van der Waals surface area contributed by atoms with Crippen molar-refractivity contribution >= 4 is 33.9 Å². The van der Waals surface area contributed by atoms with E-state index in [0.717, 1.165) is 10.4 Å². The van der Waals surface area contributed by atoms with Crippen molar-refractivity contribution in [2.75, 3.05) is 5.32 Å². The minimum Gasteiger partial charge on any atom is -0.454 e. The van der Waals surface area contributed by atoms with Crippen LogP contribution in [0.5, 0.6) is 0 Å². The molecule has 1 amide bonds. The lowest BCUT2D eigenvalue weighted by Gasteiger charge is -2.14. The van der Waals surface area contributed by atoms with Crippen molar-refractivity contribution in [3.05, 3.63) is 55.9 Å². The lowest BCUT2D eigenvalue weighted by atomic mass is 10.1. The molecule has 1 atom stereocenters. The number of esters is 1. The average molecular weight is 362 g/mol. The second-order valence-corrected chi connectivity index (χ2v) is 6.79. The molecule has 7 nitrogen and oxygen atoms in total. The maximum absolute atomic E-state index is 12.6. The number of non-ortho nitro benzene ring substituents is 1. The van der Waals surface area contributed by atoms with Crippen LogP contribution in [0, 0.1) is 24.0 Å². The molecule has 1 N–H and O–H groups in total. The Hall–Kier alpha value is -2.74. The second kappa shape index (κ2) is 7.43. The molecule has 1 aromatic carbocycles. The third-order valence-electron chi connectivity index (χ3n) is 3.71. The molecule has 1 aromatic heterocycles. The highest BCUT2D eigenvalue weighted by molar-refractivity contribution is 7.16. The van der Waals surface area contributed by atoms with Crippen molar-refractivity contribution in [3.8, 4) is 0 Å². The van der Waals surface area contributed by atoms with E-state index in [1.54, 1.807) is 26.0 Å². The monoisotopic (exact) mass is 362 g/mol. The van der Waals surface area contributed by atoms with Crippen LogP contribution in [0.25, 0.3) is 0 Å². The SMILES string of the molecule is CC(=O)Nc1sc(C)c(C)c1C(=O)OC(C)c1cccc([N+](=O)[O-])c1. The molecule has 0 spiro atoms. The molecule has 2 rings (SSSR count). The van der Waals surface area contributed by atoms with Crippen LogP contribution in [0.3, 0.4) is 0 Å². The first-order chi connectivity index (χ1) is 11.7. The van der Waals surface area contributed by atoms with Gasteiger partial charge in [-0.05, 0) is 31.9 Å². The van der Waals surface area contributed by atoms with E-state index in [2.05, 4.69) is 5.32 Å². The summed E-state index contributed by atoms with van der Waals surface area (Å²) in [4.78, 5) is 35.2. The lowest BCUT2D eigenvalue weighted by Crippen LogP contribution is -2.13. The first kappa shape index (κ1) is 18.6. The number of thiophene rings is 1. The van der Waals surface area contributed by atoms with E-state index in [4.69, 9.17) is 4.74 Å². The molecule has 2 aromatic rings. The fraction of sp³-hybridized carbons (Fsp3) is 0.294. The predicted octanol–water partition coefficient (Wildman–Crippen LogP) is 4.15. The van der Waals surface area contributed by atoms with Gasteiger partial charge in [0.15, 0.2) is 0 Å². The highest BCUT2D eigenvalue weighted by atomic mass is 32.1. The number of nitro groups is 1. The van der Waals surface area contributed by atoms with E-state index < -0.39 is 17.0 Å². The van der Waals surface area contributed by atoms with Crippen LogP contribution in [0.4, 0.5) is 10.7 Å². The molecule has 0 bridgehead atoms. The molecule has 1 heterocycles. The van der Waals surface area contributed by atoms with Crippen molar-refractivity contribution in [3.63, 3.8) is 0 Å². The highest BCUT2D eigenvalue weighted by Gasteiger charge is 2.24. The summed E-state index contributed by atoms with van der Waals surface area (Å²) in [5.41, 5.74) is 1.51. The van der Waals surface area contributed by atoms with Crippen LogP contribution in [-0.4, -0.2) is 16.8 Å². The normalized spacial score (nSPS) is 11.7. The van der Waals surface area contributed by atoms with E-state index in [1.807, 2.05) is 6.92 Å². The Morgan fingerprint density at radius 1 is 1.32 bits per heavy atom. The molecule has 132 valence electrons. The zero-order valence-corrected chi connectivity index (χ0v) is 15.1. The Bertz CT molecular complexity index is 844. The van der Waals surface area contributed by atoms with Crippen LogP contribution in [0.1, 0.15) is 46.3 Å². The van der Waals surface area contributed by atoms with E-state index in [9.17, 15) is 19.7 Å². The third kappa shape index (κ3) is 4.21. The number of carbonyl (C=O) groups is 2. The number of nitrogens with one attached hydrogen (secondary N) is 1. The summed E-state index contributed by atoms with van der Waals surface area (Å²) in [5.74, 6) is -0.855. The molecule has 0 saturated heterocycles. The van der Waals surface area contributed by atoms with Gasteiger partial charge in [0.2, 0.25) is 5.91 Å². The van der Waals surface area contributed by atoms with E-state index in [-0.39, 0.29) is 11.6 Å². The molecular weight excluding hydrogens is 344 g/mol. The predicted molar refractivity (Wildman–Crippen MR) is 95.0 cm³/mol. The van der Waals surface area contributed by atoms with Gasteiger partial charge in [-0.2, -0.15) is 0 Å². The molecule has 1 unspecified atom stereocenters. The Balaban J connectivity index is 2.26. The Morgan fingerprint density at radius 3 is 2.60 bits per heavy atom. The minimum absolute atomic E-state index is 0.0677. The highest BCUT2D eigenvalue weighted by Crippen LogP contribution is 2.34. The summed E-state index contributed by atoms with van der Waals surface area (Å²) in [7, 11) is 0. The van der Waals surface area contributed by atoms with Crippen LogP contribution in [0.2, 0.25) is 0 Å². The number of anilines is 1. The number of nitro benzene ring substituents is 1. The fourth-order valence-corrected chi connectivity index (χ4v) is 3.39. The number of benzene rings is 1. The van der Waals surface area contributed by atoms with Gasteiger partial charge in [0.25, 0.3) is 5.69 Å². The Morgan fingerprint density at radius 2 is 2.00 bits per heavy atom. The zero-order valence-electron chi connectivity index (χ0n) is 14.3. The minimum atomic E-state index is -0.669. The van der Waals surface area contributed by atoms with Gasteiger partial charge in [-0.15, -0.1) is 11.3 Å². The van der Waals surface area contributed by atoms with Crippen molar-refractivity contribution < 1.29 is 19.2 Å². The molecule has 0 aliphatic heterocycles. The first-order valence-electron chi connectivity index (χ1n) is 7.53. The molecule has 0 saturated carbocycles. The van der Waals surface area contributed by atoms with Crippen molar-refractivity contribution in [2.24, 2.45) is 0 Å². The quantitative estimate of drug-likeness (QED) is 0.489. The summed E-state index contributed by atoms with van der Waals surface area (Å²) in [6.07, 6.45) is -0.669. The Kier molecular flexibility index (Phi) is 5.53. The summed E-state index contributed by atoms with van der Waals surface area (Å²) < 4.78 is 5.47. The molecule has 25 heavy (non-hydrogen) atoms. The van der Waals surface area contributed by atoms with Crippen LogP contribution >= 0.6 is 11.3 Å². The van der Waals surface area contributed by atoms with Crippen LogP contribution in [0.15, 0.2) is 24.3 Å². The number of rotatable bonds is 5. The summed E-state index contributed by atoms with van der Waals surface area (Å²) in [6, 6.07) is 5.95. The molecule has 0 aliphatic carbocycles. The number of aryl methyl sites for hydroxylation is 1.